The van der Waals surface area contributed by atoms with Crippen LogP contribution in [0.4, 0.5) is 4.79 Å². The number of likely N-dealkylation sites (tertiary alicyclic amines) is 1. The number of carbonyl (C=O) groups excluding carboxylic acids is 2. The fourth-order valence-corrected chi connectivity index (χ4v) is 4.63. The fourth-order valence-electron chi connectivity index (χ4n) is 4.63. The van der Waals surface area contributed by atoms with Crippen LogP contribution in [0.25, 0.3) is 0 Å². The van der Waals surface area contributed by atoms with Crippen molar-refractivity contribution in [2.75, 3.05) is 26.8 Å². The number of rotatable bonds is 7. The third-order valence-corrected chi connectivity index (χ3v) is 6.20. The number of hydrogen-bond acceptors (Lipinski definition) is 6. The SMILES string of the molecule is CCOC(=O)C1=C(CN2CCCCC[C@H]2c2ccc(OC)cc2)NC(=O)N[C@@H]1c1ccco1. The van der Waals surface area contributed by atoms with Crippen LogP contribution in [0.5, 0.6) is 5.75 Å². The summed E-state index contributed by atoms with van der Waals surface area (Å²) in [7, 11) is 1.66. The van der Waals surface area contributed by atoms with Crippen molar-refractivity contribution in [2.24, 2.45) is 0 Å². The van der Waals surface area contributed by atoms with Crippen molar-refractivity contribution < 1.29 is 23.5 Å². The Morgan fingerprint density at radius 1 is 1.18 bits per heavy atom. The molecule has 1 fully saturated rings. The molecule has 2 aliphatic rings. The lowest BCUT2D eigenvalue weighted by molar-refractivity contribution is -0.139. The molecule has 8 nitrogen and oxygen atoms in total. The molecule has 2 aromatic rings. The van der Waals surface area contributed by atoms with E-state index in [1.54, 1.807) is 26.2 Å². The van der Waals surface area contributed by atoms with Gasteiger partial charge in [0.1, 0.15) is 17.6 Å². The molecular weight excluding hydrogens is 422 g/mol. The highest BCUT2D eigenvalue weighted by Gasteiger charge is 2.36. The summed E-state index contributed by atoms with van der Waals surface area (Å²) in [4.78, 5) is 27.9. The lowest BCUT2D eigenvalue weighted by Gasteiger charge is -2.34. The van der Waals surface area contributed by atoms with Crippen LogP contribution in [-0.4, -0.2) is 43.7 Å². The van der Waals surface area contributed by atoms with Crippen molar-refractivity contribution in [1.29, 1.82) is 0 Å². The van der Waals surface area contributed by atoms with Gasteiger partial charge in [-0.25, -0.2) is 9.59 Å². The molecule has 0 bridgehead atoms. The Morgan fingerprint density at radius 2 is 2.00 bits per heavy atom. The third kappa shape index (κ3) is 5.22. The van der Waals surface area contributed by atoms with Gasteiger partial charge in [-0.1, -0.05) is 25.0 Å². The molecule has 176 valence electrons. The van der Waals surface area contributed by atoms with E-state index in [1.165, 1.54) is 11.8 Å². The lowest BCUT2D eigenvalue weighted by Crippen LogP contribution is -2.48. The minimum atomic E-state index is -0.700. The maximum Gasteiger partial charge on any atom is 0.338 e. The topological polar surface area (TPSA) is 93.0 Å². The molecule has 3 heterocycles. The molecule has 2 aliphatic heterocycles. The van der Waals surface area contributed by atoms with Crippen LogP contribution >= 0.6 is 0 Å². The van der Waals surface area contributed by atoms with E-state index in [4.69, 9.17) is 13.9 Å². The van der Waals surface area contributed by atoms with Crippen LogP contribution in [-0.2, 0) is 9.53 Å². The molecule has 0 aliphatic carbocycles. The van der Waals surface area contributed by atoms with Gasteiger partial charge in [-0.15, -0.1) is 0 Å². The van der Waals surface area contributed by atoms with Gasteiger partial charge in [0.15, 0.2) is 0 Å². The van der Waals surface area contributed by atoms with Gasteiger partial charge in [0.2, 0.25) is 0 Å². The van der Waals surface area contributed by atoms with Crippen molar-refractivity contribution in [3.05, 3.63) is 65.3 Å². The molecule has 33 heavy (non-hydrogen) atoms. The second-order valence-corrected chi connectivity index (χ2v) is 8.27. The Morgan fingerprint density at radius 3 is 2.70 bits per heavy atom. The van der Waals surface area contributed by atoms with E-state index in [0.717, 1.165) is 38.0 Å². The monoisotopic (exact) mass is 453 g/mol. The third-order valence-electron chi connectivity index (χ3n) is 6.20. The average molecular weight is 454 g/mol. The molecular formula is C25H31N3O5. The van der Waals surface area contributed by atoms with E-state index in [0.29, 0.717) is 23.6 Å². The average Bonchev–Trinajstić information content (AvgIpc) is 3.26. The maximum absolute atomic E-state index is 13.0. The van der Waals surface area contributed by atoms with Crippen molar-refractivity contribution in [3.8, 4) is 5.75 Å². The van der Waals surface area contributed by atoms with Crippen molar-refractivity contribution in [2.45, 2.75) is 44.7 Å². The summed E-state index contributed by atoms with van der Waals surface area (Å²) in [5.74, 6) is 0.850. The number of urea groups is 1. The molecule has 2 amide bonds. The maximum atomic E-state index is 13.0. The first kappa shape index (κ1) is 22.9. The summed E-state index contributed by atoms with van der Waals surface area (Å²) in [6, 6.07) is 10.7. The van der Waals surface area contributed by atoms with Crippen LogP contribution in [0.2, 0.25) is 0 Å². The zero-order valence-corrected chi connectivity index (χ0v) is 19.1. The molecule has 1 aromatic heterocycles. The van der Waals surface area contributed by atoms with Gasteiger partial charge in [-0.2, -0.15) is 0 Å². The number of benzene rings is 1. The molecule has 1 saturated heterocycles. The van der Waals surface area contributed by atoms with E-state index in [-0.39, 0.29) is 18.7 Å². The largest absolute Gasteiger partial charge is 0.497 e. The van der Waals surface area contributed by atoms with E-state index in [1.807, 2.05) is 12.1 Å². The Kier molecular flexibility index (Phi) is 7.34. The lowest BCUT2D eigenvalue weighted by atomic mass is 9.97. The molecule has 2 atom stereocenters. The summed E-state index contributed by atoms with van der Waals surface area (Å²) >= 11 is 0. The van der Waals surface area contributed by atoms with Gasteiger partial charge in [0, 0.05) is 18.3 Å². The van der Waals surface area contributed by atoms with Crippen LogP contribution in [0.3, 0.4) is 0 Å². The predicted molar refractivity (Wildman–Crippen MR) is 123 cm³/mol. The standard InChI is InChI=1S/C25H31N3O5/c1-3-32-24(29)22-19(26-25(30)27-23(22)21-9-7-15-33-21)16-28-14-6-4-5-8-20(28)17-10-12-18(31-2)13-11-17/h7,9-13,15,20,23H,3-6,8,14,16H2,1-2H3,(H2,26,27,30)/t20-,23+/m0/s1. The highest BCUT2D eigenvalue weighted by molar-refractivity contribution is 5.95. The van der Waals surface area contributed by atoms with Gasteiger partial charge in [-0.05, 0) is 56.1 Å². The van der Waals surface area contributed by atoms with E-state index < -0.39 is 12.0 Å². The second kappa shape index (κ2) is 10.6. The predicted octanol–water partition coefficient (Wildman–Crippen LogP) is 4.08. The molecule has 0 radical (unpaired) electrons. The first-order valence-corrected chi connectivity index (χ1v) is 11.5. The Bertz CT molecular complexity index is 984. The zero-order chi connectivity index (χ0) is 23.2. The van der Waals surface area contributed by atoms with Crippen LogP contribution in [0.1, 0.15) is 56.0 Å². The number of furan rings is 1. The number of amides is 2. The normalized spacial score (nSPS) is 21.7. The number of methoxy groups -OCH3 is 1. The summed E-state index contributed by atoms with van der Waals surface area (Å²) in [5, 5.41) is 5.69. The van der Waals surface area contributed by atoms with Gasteiger partial charge >= 0.3 is 12.0 Å². The number of nitrogens with zero attached hydrogens (tertiary/aromatic N) is 1. The van der Waals surface area contributed by atoms with Crippen LogP contribution in [0, 0.1) is 0 Å². The zero-order valence-electron chi connectivity index (χ0n) is 19.1. The van der Waals surface area contributed by atoms with Crippen LogP contribution in [0.15, 0.2) is 58.3 Å². The summed E-state index contributed by atoms with van der Waals surface area (Å²) in [6.45, 7) is 3.30. The van der Waals surface area contributed by atoms with Crippen molar-refractivity contribution in [1.82, 2.24) is 15.5 Å². The van der Waals surface area contributed by atoms with Crippen molar-refractivity contribution in [3.63, 3.8) is 0 Å². The summed E-state index contributed by atoms with van der Waals surface area (Å²) < 4.78 is 16.2. The highest BCUT2D eigenvalue weighted by Crippen LogP contribution is 2.34. The molecule has 4 rings (SSSR count). The molecule has 0 saturated carbocycles. The van der Waals surface area contributed by atoms with Gasteiger partial charge in [0.25, 0.3) is 0 Å². The van der Waals surface area contributed by atoms with Gasteiger partial charge in [0.05, 0.1) is 25.6 Å². The number of carbonyl (C=O) groups is 2. The Balaban J connectivity index is 1.69. The molecule has 1 aromatic carbocycles. The molecule has 2 N–H and O–H groups in total. The van der Waals surface area contributed by atoms with E-state index in [2.05, 4.69) is 27.7 Å². The smallest absolute Gasteiger partial charge is 0.338 e. The number of hydrogen-bond donors (Lipinski definition) is 2. The molecule has 0 spiro atoms. The second-order valence-electron chi connectivity index (χ2n) is 8.27. The van der Waals surface area contributed by atoms with Gasteiger partial charge in [-0.3, -0.25) is 4.90 Å². The number of esters is 1. The minimum Gasteiger partial charge on any atom is -0.497 e. The van der Waals surface area contributed by atoms with E-state index >= 15 is 0 Å². The number of ether oxygens (including phenoxy) is 2. The number of nitrogens with one attached hydrogen (secondary N) is 2. The Labute approximate surface area is 193 Å². The summed E-state index contributed by atoms with van der Waals surface area (Å²) in [6.07, 6.45) is 5.86. The fraction of sp³-hybridized carbons (Fsp3) is 0.440. The quantitative estimate of drug-likeness (QED) is 0.614. The minimum absolute atomic E-state index is 0.170. The molecule has 0 unspecified atom stereocenters. The first-order valence-electron chi connectivity index (χ1n) is 11.5. The van der Waals surface area contributed by atoms with Crippen LogP contribution < -0.4 is 15.4 Å². The first-order chi connectivity index (χ1) is 16.1. The van der Waals surface area contributed by atoms with Gasteiger partial charge < -0.3 is 24.5 Å². The summed E-state index contributed by atoms with van der Waals surface area (Å²) in [5.41, 5.74) is 2.13. The van der Waals surface area contributed by atoms with Crippen molar-refractivity contribution >= 4 is 12.0 Å². The Hall–Kier alpha value is -3.26. The van der Waals surface area contributed by atoms with E-state index in [9.17, 15) is 9.59 Å². The highest BCUT2D eigenvalue weighted by atomic mass is 16.5. The molecule has 8 heteroatoms.